The van der Waals surface area contributed by atoms with E-state index in [1.54, 1.807) is 7.05 Å². The van der Waals surface area contributed by atoms with E-state index in [1.807, 2.05) is 13.8 Å². The first kappa shape index (κ1) is 13.2. The van der Waals surface area contributed by atoms with Gasteiger partial charge in [0.2, 0.25) is 5.91 Å². The summed E-state index contributed by atoms with van der Waals surface area (Å²) in [5.41, 5.74) is 0. The zero-order valence-electron chi connectivity index (χ0n) is 10.2. The summed E-state index contributed by atoms with van der Waals surface area (Å²) in [7, 11) is 1.57. The van der Waals surface area contributed by atoms with Crippen molar-refractivity contribution < 1.29 is 14.7 Å². The molecule has 0 bridgehead atoms. The van der Waals surface area contributed by atoms with Crippen LogP contribution in [0.15, 0.2) is 0 Å². The van der Waals surface area contributed by atoms with Crippen LogP contribution < -0.4 is 5.32 Å². The fraction of sp³-hybridized carbons (Fsp3) is 0.833. The smallest absolute Gasteiger partial charge is 0.220 e. The van der Waals surface area contributed by atoms with Crippen molar-refractivity contribution in [2.45, 2.75) is 39.2 Å². The van der Waals surface area contributed by atoms with Crippen LogP contribution in [0.2, 0.25) is 0 Å². The summed E-state index contributed by atoms with van der Waals surface area (Å²) in [5.74, 6) is -0.169. The molecule has 0 aromatic rings. The van der Waals surface area contributed by atoms with Gasteiger partial charge in [-0.1, -0.05) is 13.8 Å². The van der Waals surface area contributed by atoms with Crippen LogP contribution in [0.25, 0.3) is 0 Å². The van der Waals surface area contributed by atoms with Crippen LogP contribution in [0.1, 0.15) is 33.1 Å². The van der Waals surface area contributed by atoms with Gasteiger partial charge in [-0.25, -0.2) is 0 Å². The Morgan fingerprint density at radius 1 is 1.62 bits per heavy atom. The van der Waals surface area contributed by atoms with Crippen LogP contribution in [0.3, 0.4) is 0 Å². The highest BCUT2D eigenvalue weighted by atomic mass is 16.3. The minimum atomic E-state index is -0.692. The molecule has 0 spiro atoms. The number of rotatable bonds is 4. The van der Waals surface area contributed by atoms with Gasteiger partial charge in [-0.2, -0.15) is 0 Å². The first-order valence-electron chi connectivity index (χ1n) is 5.88. The van der Waals surface area contributed by atoms with E-state index >= 15 is 0 Å². The van der Waals surface area contributed by atoms with E-state index in [1.165, 1.54) is 0 Å². The largest absolute Gasteiger partial charge is 0.392 e. The number of carbonyl (C=O) groups is 2. The van der Waals surface area contributed by atoms with E-state index in [2.05, 4.69) is 5.32 Å². The Morgan fingerprint density at radius 3 is 2.69 bits per heavy atom. The molecule has 0 heterocycles. The maximum absolute atomic E-state index is 11.6. The number of hydrogen-bond donors (Lipinski definition) is 2. The van der Waals surface area contributed by atoms with Gasteiger partial charge in [0.05, 0.1) is 6.10 Å². The highest BCUT2D eigenvalue weighted by Crippen LogP contribution is 2.34. The van der Waals surface area contributed by atoms with Crippen LogP contribution in [0.4, 0.5) is 0 Å². The first-order valence-corrected chi connectivity index (χ1v) is 5.88. The van der Waals surface area contributed by atoms with Crippen LogP contribution in [0, 0.1) is 17.8 Å². The molecule has 0 aromatic heterocycles. The van der Waals surface area contributed by atoms with E-state index in [9.17, 15) is 14.7 Å². The molecule has 4 atom stereocenters. The molecule has 0 saturated heterocycles. The molecule has 2 N–H and O–H groups in total. The normalized spacial score (nSPS) is 28.9. The standard InChI is InChI=1S/C12H21NO3/c1-7-4-5-9(14)11(7)12(16)8(2)6-10(15)13-3/h7-8,11-12,16H,4-6H2,1-3H3,(H,13,15)/t7?,8-,11-,12-/m1/s1. The molecule has 4 nitrogen and oxygen atoms in total. The van der Waals surface area contributed by atoms with Crippen molar-refractivity contribution >= 4 is 11.7 Å². The van der Waals surface area contributed by atoms with Crippen molar-refractivity contribution in [1.82, 2.24) is 5.32 Å². The van der Waals surface area contributed by atoms with Gasteiger partial charge in [0.1, 0.15) is 5.78 Å². The number of carbonyl (C=O) groups excluding carboxylic acids is 2. The van der Waals surface area contributed by atoms with E-state index < -0.39 is 6.10 Å². The molecule has 1 saturated carbocycles. The zero-order valence-corrected chi connectivity index (χ0v) is 10.2. The fourth-order valence-corrected chi connectivity index (χ4v) is 2.43. The SMILES string of the molecule is CNC(=O)C[C@@H](C)[C@@H](O)[C@H]1C(=O)CCC1C. The first-order chi connectivity index (χ1) is 7.47. The number of aliphatic hydroxyl groups is 1. The van der Waals surface area contributed by atoms with Crippen molar-refractivity contribution in [2.75, 3.05) is 7.05 Å². The highest BCUT2D eigenvalue weighted by Gasteiger charge is 2.39. The van der Waals surface area contributed by atoms with Crippen molar-refractivity contribution in [2.24, 2.45) is 17.8 Å². The molecule has 92 valence electrons. The Bertz CT molecular complexity index is 277. The van der Waals surface area contributed by atoms with Crippen molar-refractivity contribution in [3.05, 3.63) is 0 Å². The van der Waals surface area contributed by atoms with Gasteiger partial charge >= 0.3 is 0 Å². The summed E-state index contributed by atoms with van der Waals surface area (Å²) in [6, 6.07) is 0. The molecule has 1 unspecified atom stereocenters. The third kappa shape index (κ3) is 2.82. The third-order valence-electron chi connectivity index (χ3n) is 3.57. The molecule has 1 rings (SSSR count). The summed E-state index contributed by atoms with van der Waals surface area (Å²) in [5, 5.41) is 12.6. The average molecular weight is 227 g/mol. The van der Waals surface area contributed by atoms with Gasteiger partial charge in [0.15, 0.2) is 0 Å². The van der Waals surface area contributed by atoms with Crippen LogP contribution >= 0.6 is 0 Å². The van der Waals surface area contributed by atoms with E-state index in [-0.39, 0.29) is 35.9 Å². The fourth-order valence-electron chi connectivity index (χ4n) is 2.43. The summed E-state index contributed by atoms with van der Waals surface area (Å²) in [6.07, 6.45) is 0.999. The predicted octanol–water partition coefficient (Wildman–Crippen LogP) is 0.735. The predicted molar refractivity (Wildman–Crippen MR) is 60.7 cm³/mol. The maximum Gasteiger partial charge on any atom is 0.220 e. The lowest BCUT2D eigenvalue weighted by atomic mass is 9.83. The van der Waals surface area contributed by atoms with E-state index in [0.29, 0.717) is 6.42 Å². The van der Waals surface area contributed by atoms with Gasteiger partial charge < -0.3 is 10.4 Å². The average Bonchev–Trinajstić information content (AvgIpc) is 2.57. The van der Waals surface area contributed by atoms with Crippen LogP contribution in [-0.2, 0) is 9.59 Å². The van der Waals surface area contributed by atoms with E-state index in [0.717, 1.165) is 6.42 Å². The van der Waals surface area contributed by atoms with Crippen molar-refractivity contribution in [1.29, 1.82) is 0 Å². The molecule has 0 aliphatic heterocycles. The Kier molecular flexibility index (Phi) is 4.47. The summed E-state index contributed by atoms with van der Waals surface area (Å²) < 4.78 is 0. The molecule has 16 heavy (non-hydrogen) atoms. The zero-order chi connectivity index (χ0) is 12.3. The van der Waals surface area contributed by atoms with Gasteiger partial charge in [0, 0.05) is 25.8 Å². The second-order valence-corrected chi connectivity index (χ2v) is 4.85. The Morgan fingerprint density at radius 2 is 2.25 bits per heavy atom. The molecule has 1 fully saturated rings. The molecule has 1 aliphatic carbocycles. The second kappa shape index (κ2) is 5.43. The Labute approximate surface area is 96.4 Å². The van der Waals surface area contributed by atoms with Gasteiger partial charge in [0.25, 0.3) is 0 Å². The Balaban J connectivity index is 2.58. The number of hydrogen-bond acceptors (Lipinski definition) is 3. The van der Waals surface area contributed by atoms with E-state index in [4.69, 9.17) is 0 Å². The van der Waals surface area contributed by atoms with Crippen LogP contribution in [0.5, 0.6) is 0 Å². The minimum absolute atomic E-state index is 0.0929. The lowest BCUT2D eigenvalue weighted by molar-refractivity contribution is -0.128. The molecule has 0 radical (unpaired) electrons. The molecular weight excluding hydrogens is 206 g/mol. The van der Waals surface area contributed by atoms with Gasteiger partial charge in [-0.3, -0.25) is 9.59 Å². The number of nitrogens with one attached hydrogen (secondary N) is 1. The third-order valence-corrected chi connectivity index (χ3v) is 3.57. The number of aliphatic hydroxyl groups excluding tert-OH is 1. The summed E-state index contributed by atoms with van der Waals surface area (Å²) >= 11 is 0. The van der Waals surface area contributed by atoms with Gasteiger partial charge in [-0.05, 0) is 18.3 Å². The maximum atomic E-state index is 11.6. The molecule has 1 amide bonds. The lowest BCUT2D eigenvalue weighted by Crippen LogP contribution is -2.36. The molecule has 1 aliphatic rings. The monoisotopic (exact) mass is 227 g/mol. The number of Topliss-reactive ketones (excluding diaryl/α,β-unsaturated/α-hetero) is 1. The minimum Gasteiger partial charge on any atom is -0.392 e. The van der Waals surface area contributed by atoms with Crippen molar-refractivity contribution in [3.8, 4) is 0 Å². The number of amides is 1. The second-order valence-electron chi connectivity index (χ2n) is 4.85. The molecular formula is C12H21NO3. The summed E-state index contributed by atoms with van der Waals surface area (Å²) in [4.78, 5) is 22.8. The topological polar surface area (TPSA) is 66.4 Å². The highest BCUT2D eigenvalue weighted by molar-refractivity contribution is 5.84. The lowest BCUT2D eigenvalue weighted by Gasteiger charge is -2.26. The van der Waals surface area contributed by atoms with Crippen molar-refractivity contribution in [3.63, 3.8) is 0 Å². The number of ketones is 1. The van der Waals surface area contributed by atoms with Crippen LogP contribution in [-0.4, -0.2) is 29.9 Å². The molecule has 4 heteroatoms. The van der Waals surface area contributed by atoms with Gasteiger partial charge in [-0.15, -0.1) is 0 Å². The quantitative estimate of drug-likeness (QED) is 0.744. The Hall–Kier alpha value is -0.900. The molecule has 0 aromatic carbocycles. The summed E-state index contributed by atoms with van der Waals surface area (Å²) in [6.45, 7) is 3.81.